The predicted octanol–water partition coefficient (Wildman–Crippen LogP) is 5.95. The second kappa shape index (κ2) is 10.1. The second-order valence-corrected chi connectivity index (χ2v) is 9.17. The molecule has 0 spiro atoms. The number of nitrogens with one attached hydrogen (secondary N) is 1. The number of hydrogen-bond acceptors (Lipinski definition) is 5. The van der Waals surface area contributed by atoms with Crippen LogP contribution in [0.25, 0.3) is 22.0 Å². The number of methoxy groups -OCH3 is 2. The van der Waals surface area contributed by atoms with E-state index in [9.17, 15) is 9.59 Å². The van der Waals surface area contributed by atoms with Crippen molar-refractivity contribution < 1.29 is 14.3 Å². The van der Waals surface area contributed by atoms with Gasteiger partial charge < -0.3 is 14.5 Å². The Morgan fingerprint density at radius 2 is 1.78 bits per heavy atom. The topological polar surface area (TPSA) is 84.0 Å². The number of hydrogen-bond donors (Lipinski definition) is 1. The molecule has 4 aromatic rings. The first-order chi connectivity index (χ1) is 17.9. The lowest BCUT2D eigenvalue weighted by atomic mass is 9.91. The summed E-state index contributed by atoms with van der Waals surface area (Å²) in [6.45, 7) is 1.79. The Kier molecular flexibility index (Phi) is 6.72. The van der Waals surface area contributed by atoms with Crippen molar-refractivity contribution in [2.75, 3.05) is 14.2 Å². The van der Waals surface area contributed by atoms with Gasteiger partial charge in [-0.15, -0.1) is 0 Å². The van der Waals surface area contributed by atoms with E-state index in [1.54, 1.807) is 39.3 Å². The summed E-state index contributed by atoms with van der Waals surface area (Å²) in [6, 6.07) is 20.2. The van der Waals surface area contributed by atoms with Gasteiger partial charge in [-0.05, 0) is 41.5 Å². The van der Waals surface area contributed by atoms with Crippen LogP contribution in [0.15, 0.2) is 76.6 Å². The van der Waals surface area contributed by atoms with Gasteiger partial charge in [0.1, 0.15) is 0 Å². The molecule has 0 unspecified atom stereocenters. The Labute approximate surface area is 219 Å². The van der Waals surface area contributed by atoms with Crippen LogP contribution in [0.2, 0.25) is 5.02 Å². The molecule has 3 aromatic carbocycles. The zero-order valence-electron chi connectivity index (χ0n) is 20.7. The first kappa shape index (κ1) is 24.6. The monoisotopic (exact) mass is 515 g/mol. The van der Waals surface area contributed by atoms with Gasteiger partial charge in [-0.2, -0.15) is 5.10 Å². The third-order valence-electron chi connectivity index (χ3n) is 6.59. The molecular formula is C29H26ClN3O4. The first-order valence-corrected chi connectivity index (χ1v) is 12.4. The number of aromatic amines is 1. The van der Waals surface area contributed by atoms with Crippen LogP contribution >= 0.6 is 11.6 Å². The van der Waals surface area contributed by atoms with E-state index in [1.807, 2.05) is 48.5 Å². The highest BCUT2D eigenvalue weighted by Crippen LogP contribution is 2.39. The molecule has 0 aliphatic carbocycles. The SMILES string of the molecule is CCC(=O)N1N=C(c2c(-c3ccccc3)c3cc(Cl)ccc3[nH]c2=O)C[C@@H]1c1ccc(OC)c(OC)c1. The third-order valence-corrected chi connectivity index (χ3v) is 6.82. The Morgan fingerprint density at radius 1 is 1.03 bits per heavy atom. The van der Waals surface area contributed by atoms with Gasteiger partial charge in [-0.25, -0.2) is 5.01 Å². The molecule has 0 saturated carbocycles. The number of ether oxygens (including phenoxy) is 2. The van der Waals surface area contributed by atoms with E-state index in [0.29, 0.717) is 39.7 Å². The normalized spacial score (nSPS) is 15.1. The molecule has 1 amide bonds. The lowest BCUT2D eigenvalue weighted by Crippen LogP contribution is -2.26. The minimum absolute atomic E-state index is 0.142. The van der Waals surface area contributed by atoms with Crippen molar-refractivity contribution >= 4 is 34.1 Å². The van der Waals surface area contributed by atoms with Gasteiger partial charge in [0, 0.05) is 34.3 Å². The molecule has 1 N–H and O–H groups in total. The fraction of sp³-hybridized carbons (Fsp3) is 0.207. The number of hydrazone groups is 1. The molecule has 1 aliphatic heterocycles. The number of carbonyl (C=O) groups is 1. The van der Waals surface area contributed by atoms with E-state index in [-0.39, 0.29) is 17.9 Å². The van der Waals surface area contributed by atoms with E-state index in [1.165, 1.54) is 5.01 Å². The molecule has 0 fully saturated rings. The lowest BCUT2D eigenvalue weighted by molar-refractivity contribution is -0.132. The van der Waals surface area contributed by atoms with Crippen LogP contribution in [-0.2, 0) is 4.79 Å². The molecule has 2 heterocycles. The summed E-state index contributed by atoms with van der Waals surface area (Å²) in [5.41, 5.74) is 3.79. The minimum Gasteiger partial charge on any atom is -0.493 e. The molecule has 7 nitrogen and oxygen atoms in total. The number of nitrogens with zero attached hydrogens (tertiary/aromatic N) is 2. The van der Waals surface area contributed by atoms with Crippen LogP contribution in [-0.4, -0.2) is 35.8 Å². The Morgan fingerprint density at radius 3 is 2.49 bits per heavy atom. The molecule has 37 heavy (non-hydrogen) atoms. The average Bonchev–Trinajstić information content (AvgIpc) is 3.37. The Bertz CT molecular complexity index is 1580. The fourth-order valence-electron chi connectivity index (χ4n) is 4.82. The number of halogens is 1. The van der Waals surface area contributed by atoms with Gasteiger partial charge in [0.2, 0.25) is 5.91 Å². The molecular weight excluding hydrogens is 490 g/mol. The average molecular weight is 516 g/mol. The predicted molar refractivity (Wildman–Crippen MR) is 146 cm³/mol. The van der Waals surface area contributed by atoms with Crippen molar-refractivity contribution in [2.45, 2.75) is 25.8 Å². The highest BCUT2D eigenvalue weighted by Gasteiger charge is 2.35. The standard InChI is InChI=1S/C29H26ClN3O4/c1-4-26(34)33-23(18-10-13-24(36-2)25(14-18)37-3)16-22(32-33)28-27(17-8-6-5-7-9-17)20-15-19(30)11-12-21(20)31-29(28)35/h5-15,23H,4,16H2,1-3H3,(H,31,35)/t23-/m1/s1. The zero-order chi connectivity index (χ0) is 26.1. The molecule has 1 aliphatic rings. The van der Waals surface area contributed by atoms with Crippen molar-refractivity contribution in [1.82, 2.24) is 9.99 Å². The Balaban J connectivity index is 1.71. The maximum Gasteiger partial charge on any atom is 0.258 e. The number of aromatic nitrogens is 1. The van der Waals surface area contributed by atoms with Crippen LogP contribution in [0.3, 0.4) is 0 Å². The van der Waals surface area contributed by atoms with Crippen molar-refractivity contribution in [3.05, 3.63) is 93.2 Å². The molecule has 0 saturated heterocycles. The quantitative estimate of drug-likeness (QED) is 0.344. The highest BCUT2D eigenvalue weighted by molar-refractivity contribution is 6.31. The van der Waals surface area contributed by atoms with Gasteiger partial charge in [0.15, 0.2) is 11.5 Å². The van der Waals surface area contributed by atoms with E-state index in [0.717, 1.165) is 22.1 Å². The summed E-state index contributed by atoms with van der Waals surface area (Å²) < 4.78 is 10.9. The van der Waals surface area contributed by atoms with Crippen LogP contribution in [0.1, 0.15) is 36.9 Å². The zero-order valence-corrected chi connectivity index (χ0v) is 21.5. The maximum absolute atomic E-state index is 13.6. The molecule has 1 atom stereocenters. The number of rotatable bonds is 6. The highest BCUT2D eigenvalue weighted by atomic mass is 35.5. The van der Waals surface area contributed by atoms with Crippen LogP contribution in [0, 0.1) is 0 Å². The first-order valence-electron chi connectivity index (χ1n) is 12.0. The van der Waals surface area contributed by atoms with Gasteiger partial charge in [0.05, 0.1) is 31.5 Å². The van der Waals surface area contributed by atoms with E-state index in [2.05, 4.69) is 4.98 Å². The molecule has 1 aromatic heterocycles. The number of H-pyrrole nitrogens is 1. The number of carbonyl (C=O) groups excluding carboxylic acids is 1. The number of fused-ring (bicyclic) bond motifs is 1. The van der Waals surface area contributed by atoms with Gasteiger partial charge in [0.25, 0.3) is 5.56 Å². The van der Waals surface area contributed by atoms with E-state index < -0.39 is 6.04 Å². The Hall–Kier alpha value is -4.10. The summed E-state index contributed by atoms with van der Waals surface area (Å²) in [5, 5.41) is 7.58. The smallest absolute Gasteiger partial charge is 0.258 e. The van der Waals surface area contributed by atoms with Gasteiger partial charge >= 0.3 is 0 Å². The second-order valence-electron chi connectivity index (χ2n) is 8.73. The lowest BCUT2D eigenvalue weighted by Gasteiger charge is -2.22. The molecule has 188 valence electrons. The van der Waals surface area contributed by atoms with Crippen LogP contribution in [0.4, 0.5) is 0 Å². The van der Waals surface area contributed by atoms with E-state index >= 15 is 0 Å². The van der Waals surface area contributed by atoms with Crippen LogP contribution < -0.4 is 15.0 Å². The number of amides is 1. The fourth-order valence-corrected chi connectivity index (χ4v) is 4.99. The number of benzene rings is 3. The van der Waals surface area contributed by atoms with E-state index in [4.69, 9.17) is 26.2 Å². The summed E-state index contributed by atoms with van der Waals surface area (Å²) in [7, 11) is 3.14. The largest absolute Gasteiger partial charge is 0.493 e. The summed E-state index contributed by atoms with van der Waals surface area (Å²) in [5.74, 6) is 1.00. The maximum atomic E-state index is 13.6. The van der Waals surface area contributed by atoms with Crippen molar-refractivity contribution in [2.24, 2.45) is 5.10 Å². The third kappa shape index (κ3) is 4.47. The minimum atomic E-state index is -0.402. The van der Waals surface area contributed by atoms with Crippen LogP contribution in [0.5, 0.6) is 11.5 Å². The molecule has 0 radical (unpaired) electrons. The van der Waals surface area contributed by atoms with Gasteiger partial charge in [-0.1, -0.05) is 54.9 Å². The number of pyridine rings is 1. The molecule has 8 heteroatoms. The van der Waals surface area contributed by atoms with Crippen molar-refractivity contribution in [1.29, 1.82) is 0 Å². The van der Waals surface area contributed by atoms with Crippen molar-refractivity contribution in [3.8, 4) is 22.6 Å². The summed E-state index contributed by atoms with van der Waals surface area (Å²) >= 11 is 6.37. The van der Waals surface area contributed by atoms with Gasteiger partial charge in [-0.3, -0.25) is 9.59 Å². The summed E-state index contributed by atoms with van der Waals surface area (Å²) in [6.07, 6.45) is 0.631. The molecule has 0 bridgehead atoms. The van der Waals surface area contributed by atoms with Crippen molar-refractivity contribution in [3.63, 3.8) is 0 Å². The molecule has 5 rings (SSSR count). The summed E-state index contributed by atoms with van der Waals surface area (Å²) in [4.78, 5) is 29.6.